The summed E-state index contributed by atoms with van der Waals surface area (Å²) >= 11 is 0. The Morgan fingerprint density at radius 1 is 0.333 bits per heavy atom. The van der Waals surface area contributed by atoms with Gasteiger partial charge in [-0.1, -0.05) is 245 Å². The molecular formula is C49H97N2+. The van der Waals surface area contributed by atoms with E-state index in [1.54, 1.807) is 5.82 Å². The largest absolute Gasteiger partial charge is 0.256 e. The summed E-state index contributed by atoms with van der Waals surface area (Å²) in [6, 6.07) is 0. The summed E-state index contributed by atoms with van der Waals surface area (Å²) in [5.74, 6) is 1.63. The first-order valence-corrected chi connectivity index (χ1v) is 24.4. The molecule has 1 rings (SSSR count). The van der Waals surface area contributed by atoms with Crippen LogP contribution in [0.4, 0.5) is 0 Å². The van der Waals surface area contributed by atoms with Gasteiger partial charge in [0.05, 0.1) is 13.1 Å². The lowest BCUT2D eigenvalue weighted by atomic mass is 10.0. The fraction of sp³-hybridized carbons (Fsp3) is 0.939. The minimum Gasteiger partial charge on any atom is -0.234 e. The Hall–Kier alpha value is -0.790. The summed E-state index contributed by atoms with van der Waals surface area (Å²) < 4.78 is 5.31. The van der Waals surface area contributed by atoms with Crippen LogP contribution < -0.4 is 4.57 Å². The second-order valence-electron chi connectivity index (χ2n) is 16.9. The van der Waals surface area contributed by atoms with E-state index in [0.29, 0.717) is 0 Å². The minimum atomic E-state index is 1.23. The van der Waals surface area contributed by atoms with Crippen LogP contribution in [-0.4, -0.2) is 4.57 Å². The van der Waals surface area contributed by atoms with Crippen LogP contribution >= 0.6 is 0 Å². The zero-order valence-corrected chi connectivity index (χ0v) is 36.0. The van der Waals surface area contributed by atoms with Crippen molar-refractivity contribution in [3.63, 3.8) is 0 Å². The van der Waals surface area contributed by atoms with Crippen LogP contribution in [0.15, 0.2) is 12.4 Å². The first kappa shape index (κ1) is 48.2. The van der Waals surface area contributed by atoms with E-state index in [1.165, 1.54) is 276 Å². The fourth-order valence-electron chi connectivity index (χ4n) is 8.27. The summed E-state index contributed by atoms with van der Waals surface area (Å²) in [6.07, 6.45) is 63.8. The second kappa shape index (κ2) is 40.4. The zero-order valence-electron chi connectivity index (χ0n) is 36.0. The van der Waals surface area contributed by atoms with Crippen LogP contribution in [0, 0.1) is 0 Å². The molecule has 0 aliphatic rings. The Balaban J connectivity index is 2.26. The maximum atomic E-state index is 2.66. The average Bonchev–Trinajstić information content (AvgIpc) is 3.53. The monoisotopic (exact) mass is 714 g/mol. The SMILES string of the molecule is CCCCCCCCCCCCCCCCCCc1n(CCCCCCCCCCCCCCC)cc[n+]1CCCCCCCCCCCCC. The molecule has 0 saturated carbocycles. The number of unbranched alkanes of at least 4 members (excludes halogenated alkanes) is 37. The molecule has 0 bridgehead atoms. The molecule has 0 spiro atoms. The summed E-state index contributed by atoms with van der Waals surface area (Å²) in [6.45, 7) is 9.42. The molecule has 51 heavy (non-hydrogen) atoms. The normalized spacial score (nSPS) is 11.7. The number of rotatable bonds is 43. The third-order valence-electron chi connectivity index (χ3n) is 11.8. The van der Waals surface area contributed by atoms with Crippen molar-refractivity contribution < 1.29 is 4.57 Å². The van der Waals surface area contributed by atoms with Crippen LogP contribution in [0.25, 0.3) is 0 Å². The Labute approximate surface area is 323 Å². The first-order chi connectivity index (χ1) is 25.3. The van der Waals surface area contributed by atoms with E-state index in [9.17, 15) is 0 Å². The number of aromatic nitrogens is 2. The lowest BCUT2D eigenvalue weighted by Crippen LogP contribution is -2.37. The van der Waals surface area contributed by atoms with E-state index < -0.39 is 0 Å². The van der Waals surface area contributed by atoms with Crippen molar-refractivity contribution >= 4 is 0 Å². The standard InChI is InChI=1S/C49H97N2/c1-4-7-10-13-16-19-22-24-25-26-27-29-32-35-38-41-44-49-50(45-42-39-36-33-30-21-18-15-12-9-6-3)47-48-51(49)46-43-40-37-34-31-28-23-20-17-14-11-8-5-2/h47-48H,4-46H2,1-3H3/q+1. The van der Waals surface area contributed by atoms with E-state index in [4.69, 9.17) is 0 Å². The van der Waals surface area contributed by atoms with Gasteiger partial charge in [0, 0.05) is 6.42 Å². The molecule has 2 nitrogen and oxygen atoms in total. The molecule has 1 aromatic heterocycles. The molecule has 0 aromatic carbocycles. The summed E-state index contributed by atoms with van der Waals surface area (Å²) in [5, 5.41) is 0. The Kier molecular flexibility index (Phi) is 38.2. The molecule has 0 unspecified atom stereocenters. The van der Waals surface area contributed by atoms with Crippen molar-refractivity contribution in [1.29, 1.82) is 0 Å². The maximum Gasteiger partial charge on any atom is 0.256 e. The molecule has 0 radical (unpaired) electrons. The molecular weight excluding hydrogens is 617 g/mol. The topological polar surface area (TPSA) is 8.81 Å². The summed E-state index contributed by atoms with van der Waals surface area (Å²) in [7, 11) is 0. The van der Waals surface area contributed by atoms with Gasteiger partial charge in [-0.15, -0.1) is 0 Å². The van der Waals surface area contributed by atoms with Gasteiger partial charge in [-0.2, -0.15) is 0 Å². The highest BCUT2D eigenvalue weighted by Gasteiger charge is 2.16. The third kappa shape index (κ3) is 32.4. The van der Waals surface area contributed by atoms with E-state index >= 15 is 0 Å². The molecule has 0 aliphatic heterocycles. The van der Waals surface area contributed by atoms with Gasteiger partial charge in [-0.25, -0.2) is 9.13 Å². The lowest BCUT2D eigenvalue weighted by molar-refractivity contribution is -0.704. The number of hydrogen-bond acceptors (Lipinski definition) is 0. The molecule has 0 atom stereocenters. The van der Waals surface area contributed by atoms with E-state index in [0.717, 1.165) is 0 Å². The molecule has 1 heterocycles. The van der Waals surface area contributed by atoms with Gasteiger partial charge in [0.1, 0.15) is 12.4 Å². The molecule has 2 heteroatoms. The zero-order chi connectivity index (χ0) is 36.6. The van der Waals surface area contributed by atoms with Crippen molar-refractivity contribution in [2.75, 3.05) is 0 Å². The summed E-state index contributed by atoms with van der Waals surface area (Å²) in [5.41, 5.74) is 0. The van der Waals surface area contributed by atoms with Gasteiger partial charge >= 0.3 is 0 Å². The van der Waals surface area contributed by atoms with E-state index in [-0.39, 0.29) is 0 Å². The lowest BCUT2D eigenvalue weighted by Gasteiger charge is -2.07. The minimum absolute atomic E-state index is 1.23. The van der Waals surface area contributed by atoms with Crippen molar-refractivity contribution in [3.8, 4) is 0 Å². The number of hydrogen-bond donors (Lipinski definition) is 0. The van der Waals surface area contributed by atoms with Gasteiger partial charge in [0.25, 0.3) is 5.82 Å². The molecule has 0 aliphatic carbocycles. The van der Waals surface area contributed by atoms with Crippen LogP contribution in [0.1, 0.15) is 283 Å². The van der Waals surface area contributed by atoms with Crippen LogP contribution in [0.3, 0.4) is 0 Å². The fourth-order valence-corrected chi connectivity index (χ4v) is 8.27. The van der Waals surface area contributed by atoms with Gasteiger partial charge in [-0.3, -0.25) is 0 Å². The van der Waals surface area contributed by atoms with Crippen molar-refractivity contribution in [3.05, 3.63) is 18.2 Å². The maximum absolute atomic E-state index is 2.66. The molecule has 1 aromatic rings. The Morgan fingerprint density at radius 3 is 0.941 bits per heavy atom. The van der Waals surface area contributed by atoms with Gasteiger partial charge in [-0.05, 0) is 32.1 Å². The Morgan fingerprint density at radius 2 is 0.608 bits per heavy atom. The molecule has 0 N–H and O–H groups in total. The van der Waals surface area contributed by atoms with Crippen molar-refractivity contribution in [1.82, 2.24) is 4.57 Å². The number of nitrogens with zero attached hydrogens (tertiary/aromatic N) is 2. The third-order valence-corrected chi connectivity index (χ3v) is 11.8. The van der Waals surface area contributed by atoms with Crippen molar-refractivity contribution in [2.45, 2.75) is 297 Å². The van der Waals surface area contributed by atoms with Gasteiger partial charge in [0.2, 0.25) is 0 Å². The van der Waals surface area contributed by atoms with Gasteiger partial charge in [0.15, 0.2) is 0 Å². The predicted octanol–water partition coefficient (Wildman–Crippen LogP) is 17.0. The van der Waals surface area contributed by atoms with Crippen LogP contribution in [0.5, 0.6) is 0 Å². The van der Waals surface area contributed by atoms with E-state index in [1.807, 2.05) is 0 Å². The number of imidazole rings is 1. The second-order valence-corrected chi connectivity index (χ2v) is 16.9. The highest BCUT2D eigenvalue weighted by atomic mass is 15.1. The smallest absolute Gasteiger partial charge is 0.234 e. The molecule has 0 fully saturated rings. The number of aryl methyl sites for hydroxylation is 2. The molecule has 0 saturated heterocycles. The highest BCUT2D eigenvalue weighted by Crippen LogP contribution is 2.17. The van der Waals surface area contributed by atoms with E-state index in [2.05, 4.69) is 42.3 Å². The predicted molar refractivity (Wildman–Crippen MR) is 230 cm³/mol. The molecule has 302 valence electrons. The van der Waals surface area contributed by atoms with Gasteiger partial charge < -0.3 is 0 Å². The van der Waals surface area contributed by atoms with Crippen LogP contribution in [0.2, 0.25) is 0 Å². The van der Waals surface area contributed by atoms with Crippen molar-refractivity contribution in [2.24, 2.45) is 0 Å². The molecule has 0 amide bonds. The Bertz CT molecular complexity index is 781. The highest BCUT2D eigenvalue weighted by molar-refractivity contribution is 4.84. The quantitative estimate of drug-likeness (QED) is 0.0471. The van der Waals surface area contributed by atoms with Crippen LogP contribution in [-0.2, 0) is 19.5 Å². The first-order valence-electron chi connectivity index (χ1n) is 24.4. The average molecular weight is 714 g/mol. The summed E-state index contributed by atoms with van der Waals surface area (Å²) in [4.78, 5) is 0.